The van der Waals surface area contributed by atoms with Gasteiger partial charge in [0.05, 0.1) is 6.04 Å². The molecule has 2 saturated heterocycles. The molecule has 2 aliphatic rings. The lowest BCUT2D eigenvalue weighted by Crippen LogP contribution is -2.45. The van der Waals surface area contributed by atoms with Crippen molar-refractivity contribution in [1.29, 1.82) is 0 Å². The van der Waals surface area contributed by atoms with E-state index in [9.17, 15) is 27.9 Å². The Morgan fingerprint density at radius 1 is 1.19 bits per heavy atom. The maximum atomic E-state index is 13.9. The summed E-state index contributed by atoms with van der Waals surface area (Å²) < 4.78 is 39.2. The van der Waals surface area contributed by atoms with Gasteiger partial charge in [-0.3, -0.25) is 9.36 Å². The van der Waals surface area contributed by atoms with Crippen molar-refractivity contribution >= 4 is 13.5 Å². The van der Waals surface area contributed by atoms with Crippen LogP contribution in [0.4, 0.5) is 8.78 Å². The zero-order valence-corrected chi connectivity index (χ0v) is 16.5. The van der Waals surface area contributed by atoms with Crippen molar-refractivity contribution in [2.75, 3.05) is 0 Å². The van der Waals surface area contributed by atoms with E-state index in [1.165, 1.54) is 6.07 Å². The van der Waals surface area contributed by atoms with Gasteiger partial charge in [0.25, 0.3) is 0 Å². The second-order valence-corrected chi connectivity index (χ2v) is 9.56. The van der Waals surface area contributed by atoms with Crippen molar-refractivity contribution in [1.82, 2.24) is 4.90 Å². The molecule has 27 heavy (non-hydrogen) atoms. The smallest absolute Gasteiger partial charge is 0.331 e. The van der Waals surface area contributed by atoms with Gasteiger partial charge in [-0.15, -0.1) is 0 Å². The van der Waals surface area contributed by atoms with Crippen LogP contribution in [0.2, 0.25) is 0 Å². The van der Waals surface area contributed by atoms with Gasteiger partial charge in [0, 0.05) is 6.04 Å². The molecule has 3 atom stereocenters. The summed E-state index contributed by atoms with van der Waals surface area (Å²) in [6.07, 6.45) is 3.54. The van der Waals surface area contributed by atoms with E-state index in [1.807, 2.05) is 13.8 Å². The Bertz CT molecular complexity index is 777. The normalized spacial score (nSPS) is 28.1. The topological polar surface area (TPSA) is 77.8 Å². The highest BCUT2D eigenvalue weighted by Gasteiger charge is 2.55. The van der Waals surface area contributed by atoms with Crippen LogP contribution in [0.25, 0.3) is 0 Å². The number of carbonyl (C=O) groups is 1. The zero-order chi connectivity index (χ0) is 20.0. The predicted molar refractivity (Wildman–Crippen MR) is 97.0 cm³/mol. The second-order valence-electron chi connectivity index (χ2n) is 7.76. The highest BCUT2D eigenvalue weighted by atomic mass is 31.2. The first-order valence-corrected chi connectivity index (χ1v) is 11.1. The number of rotatable bonds is 4. The van der Waals surface area contributed by atoms with Gasteiger partial charge in [0.2, 0.25) is 5.91 Å². The minimum atomic E-state index is -4.59. The van der Waals surface area contributed by atoms with Gasteiger partial charge in [-0.1, -0.05) is 19.9 Å². The molecule has 5 nitrogen and oxygen atoms in total. The molecule has 8 heteroatoms. The molecule has 2 aliphatic heterocycles. The summed E-state index contributed by atoms with van der Waals surface area (Å²) in [5.41, 5.74) is -1.09. The van der Waals surface area contributed by atoms with E-state index in [-0.39, 0.29) is 17.9 Å². The van der Waals surface area contributed by atoms with E-state index in [1.54, 1.807) is 4.90 Å². The molecule has 3 rings (SSSR count). The van der Waals surface area contributed by atoms with Crippen molar-refractivity contribution in [3.63, 3.8) is 0 Å². The molecule has 1 unspecified atom stereocenters. The Kier molecular flexibility index (Phi) is 5.50. The van der Waals surface area contributed by atoms with E-state index in [0.29, 0.717) is 24.8 Å². The third-order valence-electron chi connectivity index (χ3n) is 6.62. The van der Waals surface area contributed by atoms with Gasteiger partial charge in [-0.2, -0.15) is 0 Å². The van der Waals surface area contributed by atoms with Crippen LogP contribution in [0.15, 0.2) is 18.2 Å². The van der Waals surface area contributed by atoms with Crippen molar-refractivity contribution in [3.05, 3.63) is 35.4 Å². The molecule has 1 aromatic rings. The van der Waals surface area contributed by atoms with Crippen LogP contribution in [0, 0.1) is 17.0 Å². The van der Waals surface area contributed by atoms with E-state index < -0.39 is 36.8 Å². The molecule has 1 amide bonds. The van der Waals surface area contributed by atoms with Crippen molar-refractivity contribution in [2.24, 2.45) is 5.41 Å². The minimum absolute atomic E-state index is 0.143. The van der Waals surface area contributed by atoms with Crippen LogP contribution in [-0.2, 0) is 9.36 Å². The summed E-state index contributed by atoms with van der Waals surface area (Å²) >= 11 is 0. The maximum Gasteiger partial charge on any atom is 0.337 e. The molecule has 0 spiro atoms. The van der Waals surface area contributed by atoms with Crippen molar-refractivity contribution in [3.8, 4) is 0 Å². The van der Waals surface area contributed by atoms with Crippen LogP contribution in [0.5, 0.6) is 0 Å². The van der Waals surface area contributed by atoms with Crippen molar-refractivity contribution < 1.29 is 27.9 Å². The van der Waals surface area contributed by atoms with Crippen LogP contribution in [0.3, 0.4) is 0 Å². The monoisotopic (exact) mass is 401 g/mol. The molecule has 2 N–H and O–H groups in total. The van der Waals surface area contributed by atoms with Gasteiger partial charge in [0.15, 0.2) is 11.6 Å². The van der Waals surface area contributed by atoms with Gasteiger partial charge < -0.3 is 14.7 Å². The number of benzene rings is 1. The Hall–Kier alpha value is -1.30. The Balaban J connectivity index is 2.10. The van der Waals surface area contributed by atoms with Crippen LogP contribution < -0.4 is 0 Å². The van der Waals surface area contributed by atoms with E-state index in [4.69, 9.17) is 0 Å². The molecule has 0 aliphatic carbocycles. The first kappa shape index (κ1) is 20.4. The predicted octanol–water partition coefficient (Wildman–Crippen LogP) is 4.14. The van der Waals surface area contributed by atoms with Gasteiger partial charge in [-0.25, -0.2) is 8.78 Å². The lowest BCUT2D eigenvalue weighted by atomic mass is 9.73. The molecule has 0 aromatic heterocycles. The molecular weight excluding hydrogens is 375 g/mol. The number of carbonyl (C=O) groups excluding carboxylic acids is 1. The average molecular weight is 401 g/mol. The lowest BCUT2D eigenvalue weighted by Gasteiger charge is -2.37. The molecule has 0 bridgehead atoms. The van der Waals surface area contributed by atoms with E-state index in [2.05, 4.69) is 0 Å². The van der Waals surface area contributed by atoms with E-state index in [0.717, 1.165) is 25.0 Å². The number of hydrogen-bond acceptors (Lipinski definition) is 2. The Morgan fingerprint density at radius 2 is 1.85 bits per heavy atom. The van der Waals surface area contributed by atoms with Gasteiger partial charge >= 0.3 is 7.60 Å². The quantitative estimate of drug-likeness (QED) is 0.744. The van der Waals surface area contributed by atoms with Crippen LogP contribution in [-0.4, -0.2) is 32.3 Å². The summed E-state index contributed by atoms with van der Waals surface area (Å²) in [6, 6.07) is 2.94. The largest absolute Gasteiger partial charge is 0.337 e. The zero-order valence-electron chi connectivity index (χ0n) is 15.6. The third kappa shape index (κ3) is 3.45. The Labute approximate surface area is 157 Å². The fraction of sp³-hybridized carbons (Fsp3) is 0.632. The molecule has 0 saturated carbocycles. The summed E-state index contributed by atoms with van der Waals surface area (Å²) in [5.74, 6) is -2.51. The summed E-state index contributed by atoms with van der Waals surface area (Å²) in [5, 5.41) is 0. The molecule has 150 valence electrons. The average Bonchev–Trinajstić information content (AvgIpc) is 2.83. The number of fused-ring (bicyclic) bond motifs is 1. The van der Waals surface area contributed by atoms with E-state index >= 15 is 0 Å². The maximum absolute atomic E-state index is 13.9. The third-order valence-corrected chi connectivity index (χ3v) is 7.91. The summed E-state index contributed by atoms with van der Waals surface area (Å²) in [6.45, 7) is 4.09. The van der Waals surface area contributed by atoms with Crippen LogP contribution in [0.1, 0.15) is 64.0 Å². The summed E-state index contributed by atoms with van der Waals surface area (Å²) in [7, 11) is -4.59. The van der Waals surface area contributed by atoms with Crippen LogP contribution >= 0.6 is 7.60 Å². The fourth-order valence-electron chi connectivity index (χ4n) is 5.00. The lowest BCUT2D eigenvalue weighted by molar-refractivity contribution is -0.134. The molecule has 0 radical (unpaired) electrons. The first-order chi connectivity index (χ1) is 12.6. The molecule has 1 aromatic carbocycles. The molecule has 2 heterocycles. The molecule has 2 fully saturated rings. The Morgan fingerprint density at radius 3 is 2.41 bits per heavy atom. The number of amides is 1. The number of hydrogen-bond donors (Lipinski definition) is 2. The van der Waals surface area contributed by atoms with Crippen molar-refractivity contribution in [2.45, 2.75) is 70.1 Å². The molecular formula is C19H26F2NO4P. The highest BCUT2D eigenvalue weighted by molar-refractivity contribution is 7.53. The first-order valence-electron chi connectivity index (χ1n) is 9.47. The van der Waals surface area contributed by atoms with Gasteiger partial charge in [-0.05, 0) is 61.6 Å². The van der Waals surface area contributed by atoms with Gasteiger partial charge in [0.1, 0.15) is 5.66 Å². The minimum Gasteiger partial charge on any atom is -0.331 e. The standard InChI is InChI=1S/C19H26F2NO4P/c1-3-19(4-2)11-15(12-8-9-13(20)14(21)10-12)22-17(19)7-5-6-16(18(22)23)27(24,25)26/h8-10,15-17H,3-7,11H2,1-2H3,(H2,24,25,26)/t15-,16?,17-/m0/s1. The SMILES string of the molecule is CCC1(CC)C[C@@H](c2ccc(F)c(F)c2)N2C(=O)C(P(=O)(O)O)CCC[C@H]21. The summed E-state index contributed by atoms with van der Waals surface area (Å²) in [4.78, 5) is 34.2. The highest BCUT2D eigenvalue weighted by Crippen LogP contribution is 2.57. The fourth-order valence-corrected chi connectivity index (χ4v) is 5.94. The number of halogens is 2. The second kappa shape index (κ2) is 7.26. The number of nitrogens with zero attached hydrogens (tertiary/aromatic N) is 1.